The van der Waals surface area contributed by atoms with Crippen LogP contribution in [-0.2, 0) is 20.4 Å². The van der Waals surface area contributed by atoms with Gasteiger partial charge in [0.2, 0.25) is 11.8 Å². The average molecular weight is 446 g/mol. The van der Waals surface area contributed by atoms with E-state index >= 15 is 0 Å². The second-order valence-electron chi connectivity index (χ2n) is 11.5. The molecule has 0 aromatic heterocycles. The van der Waals surface area contributed by atoms with Crippen molar-refractivity contribution in [3.63, 3.8) is 0 Å². The van der Waals surface area contributed by atoms with Gasteiger partial charge in [-0.05, 0) is 50.9 Å². The molecule has 0 spiro atoms. The fourth-order valence-electron chi connectivity index (χ4n) is 3.92. The number of hydrogen-bond acceptors (Lipinski definition) is 4. The van der Waals surface area contributed by atoms with Crippen LogP contribution in [0.3, 0.4) is 0 Å². The molecule has 2 aliphatic heterocycles. The predicted molar refractivity (Wildman–Crippen MR) is 126 cm³/mol. The molecule has 2 heterocycles. The molecule has 2 amide bonds. The summed E-state index contributed by atoms with van der Waals surface area (Å²) in [6.45, 7) is 17.5. The first-order valence-corrected chi connectivity index (χ1v) is 14.2. The molecule has 2 N–H and O–H groups in total. The minimum Gasteiger partial charge on any atom is -0.415 e. The van der Waals surface area contributed by atoms with E-state index in [-0.39, 0.29) is 34.5 Å². The van der Waals surface area contributed by atoms with Crippen molar-refractivity contribution in [2.24, 2.45) is 0 Å². The van der Waals surface area contributed by atoms with Crippen LogP contribution in [0.25, 0.3) is 0 Å². The van der Waals surface area contributed by atoms with Gasteiger partial charge in [0.15, 0.2) is 8.32 Å². The fraction of sp³-hybridized carbons (Fsp3) is 0.667. The molecule has 3 rings (SSSR count). The van der Waals surface area contributed by atoms with Crippen molar-refractivity contribution in [1.82, 2.24) is 15.5 Å². The Kier molecular flexibility index (Phi) is 6.44. The summed E-state index contributed by atoms with van der Waals surface area (Å²) < 4.78 is 6.43. The number of benzene rings is 1. The van der Waals surface area contributed by atoms with Gasteiger partial charge in [-0.1, -0.05) is 51.1 Å². The van der Waals surface area contributed by atoms with E-state index in [9.17, 15) is 9.59 Å². The first kappa shape index (κ1) is 23.9. The van der Waals surface area contributed by atoms with Crippen molar-refractivity contribution in [2.75, 3.05) is 6.61 Å². The van der Waals surface area contributed by atoms with Crippen molar-refractivity contribution in [2.45, 2.75) is 95.8 Å². The average Bonchev–Trinajstić information content (AvgIpc) is 3.35. The molecular formula is C24H39N3O3Si. The smallest absolute Gasteiger partial charge is 0.240 e. The molecule has 2 aliphatic rings. The Labute approximate surface area is 188 Å². The number of nitrogens with zero attached hydrogens (tertiary/aromatic N) is 1. The number of carbonyl (C=O) groups is 2. The van der Waals surface area contributed by atoms with Gasteiger partial charge in [-0.15, -0.1) is 0 Å². The lowest BCUT2D eigenvalue weighted by Crippen LogP contribution is -2.61. The minimum atomic E-state index is -1.94. The van der Waals surface area contributed by atoms with Crippen LogP contribution in [0.4, 0.5) is 0 Å². The number of amides is 2. The molecule has 172 valence electrons. The van der Waals surface area contributed by atoms with Crippen LogP contribution in [-0.4, -0.2) is 61.3 Å². The molecule has 1 aromatic rings. The lowest BCUT2D eigenvalue weighted by atomic mass is 10.00. The zero-order valence-electron chi connectivity index (χ0n) is 20.3. The van der Waals surface area contributed by atoms with Gasteiger partial charge >= 0.3 is 0 Å². The van der Waals surface area contributed by atoms with Gasteiger partial charge in [0.05, 0.1) is 24.7 Å². The molecule has 0 saturated carbocycles. The zero-order chi connectivity index (χ0) is 23.2. The topological polar surface area (TPSA) is 70.4 Å². The molecule has 0 aliphatic carbocycles. The van der Waals surface area contributed by atoms with Crippen molar-refractivity contribution < 1.29 is 14.0 Å². The number of nitrogens with one attached hydrogen (secondary N) is 2. The molecular weight excluding hydrogens is 406 g/mol. The Morgan fingerprint density at radius 2 is 1.74 bits per heavy atom. The van der Waals surface area contributed by atoms with Gasteiger partial charge < -0.3 is 14.6 Å². The third-order valence-corrected chi connectivity index (χ3v) is 11.2. The summed E-state index contributed by atoms with van der Waals surface area (Å²) in [6.07, 6.45) is 0.567. The van der Waals surface area contributed by atoms with E-state index in [0.29, 0.717) is 13.0 Å². The minimum absolute atomic E-state index is 0.0504. The number of rotatable bonds is 6. The van der Waals surface area contributed by atoms with Crippen LogP contribution in [0.5, 0.6) is 0 Å². The largest absolute Gasteiger partial charge is 0.415 e. The molecule has 0 radical (unpaired) electrons. The lowest BCUT2D eigenvalue weighted by Gasteiger charge is -2.36. The van der Waals surface area contributed by atoms with Crippen LogP contribution < -0.4 is 10.6 Å². The van der Waals surface area contributed by atoms with E-state index in [1.807, 2.05) is 56.0 Å². The van der Waals surface area contributed by atoms with Crippen LogP contribution in [0.1, 0.15) is 47.1 Å². The van der Waals surface area contributed by atoms with Gasteiger partial charge in [-0.2, -0.15) is 0 Å². The van der Waals surface area contributed by atoms with E-state index in [2.05, 4.69) is 44.5 Å². The molecule has 2 fully saturated rings. The third-order valence-electron chi connectivity index (χ3n) is 6.74. The Morgan fingerprint density at radius 3 is 2.29 bits per heavy atom. The third kappa shape index (κ3) is 5.38. The van der Waals surface area contributed by atoms with Gasteiger partial charge in [-0.3, -0.25) is 14.9 Å². The summed E-state index contributed by atoms with van der Waals surface area (Å²) in [7, 11) is -1.94. The summed E-state index contributed by atoms with van der Waals surface area (Å²) in [5.74, 6) is 0.0142. The van der Waals surface area contributed by atoms with Gasteiger partial charge in [0.25, 0.3) is 0 Å². The normalized spacial score (nSPS) is 26.5. The molecule has 0 unspecified atom stereocenters. The molecule has 2 saturated heterocycles. The second kappa shape index (κ2) is 8.33. The van der Waals surface area contributed by atoms with E-state index in [4.69, 9.17) is 4.43 Å². The first-order valence-electron chi connectivity index (χ1n) is 11.3. The Hall–Kier alpha value is -1.70. The standard InChI is InChI=1S/C24H39N3O3Si/c1-23(2,3)26-21(28)19-20-18(15-30-31(7,8)24(4,5)6)27(20)22(29)17(25-19)14-16-12-10-9-11-13-16/h9-13,17-20,25H,14-15H2,1-8H3,(H,26,28)/t17-,18+,19+,20-,27?/m0/s1. The number of carbonyl (C=O) groups excluding carboxylic acids is 2. The van der Waals surface area contributed by atoms with Gasteiger partial charge in [-0.25, -0.2) is 0 Å². The zero-order valence-corrected chi connectivity index (χ0v) is 21.3. The van der Waals surface area contributed by atoms with E-state index in [1.165, 1.54) is 0 Å². The number of piperazine rings is 1. The van der Waals surface area contributed by atoms with Gasteiger partial charge in [0.1, 0.15) is 6.04 Å². The molecule has 6 nitrogen and oxygen atoms in total. The Balaban J connectivity index is 1.77. The Morgan fingerprint density at radius 1 is 1.13 bits per heavy atom. The molecule has 4 atom stereocenters. The van der Waals surface area contributed by atoms with Crippen molar-refractivity contribution in [3.05, 3.63) is 35.9 Å². The Bertz CT molecular complexity index is 814. The lowest BCUT2D eigenvalue weighted by molar-refractivity contribution is -0.133. The first-order chi connectivity index (χ1) is 14.2. The highest BCUT2D eigenvalue weighted by atomic mass is 28.4. The van der Waals surface area contributed by atoms with Crippen molar-refractivity contribution >= 4 is 20.1 Å². The van der Waals surface area contributed by atoms with E-state index < -0.39 is 20.4 Å². The highest BCUT2D eigenvalue weighted by molar-refractivity contribution is 6.74. The summed E-state index contributed by atoms with van der Waals surface area (Å²) >= 11 is 0. The van der Waals surface area contributed by atoms with Crippen molar-refractivity contribution in [3.8, 4) is 0 Å². The molecule has 0 bridgehead atoms. The summed E-state index contributed by atoms with van der Waals surface area (Å²) in [6, 6.07) is 8.92. The summed E-state index contributed by atoms with van der Waals surface area (Å²) in [5.41, 5.74) is 0.750. The fourth-order valence-corrected chi connectivity index (χ4v) is 4.94. The van der Waals surface area contributed by atoms with Crippen LogP contribution in [0.2, 0.25) is 18.1 Å². The maximum absolute atomic E-state index is 13.2. The van der Waals surface area contributed by atoms with Crippen LogP contribution in [0.15, 0.2) is 30.3 Å². The van der Waals surface area contributed by atoms with Crippen LogP contribution in [0, 0.1) is 0 Å². The summed E-state index contributed by atoms with van der Waals surface area (Å²) in [5, 5.41) is 6.57. The number of hydrogen-bond donors (Lipinski definition) is 2. The predicted octanol–water partition coefficient (Wildman–Crippen LogP) is 3.09. The van der Waals surface area contributed by atoms with E-state index in [0.717, 1.165) is 5.56 Å². The van der Waals surface area contributed by atoms with E-state index in [1.54, 1.807) is 0 Å². The second-order valence-corrected chi connectivity index (χ2v) is 16.3. The van der Waals surface area contributed by atoms with Gasteiger partial charge in [0, 0.05) is 5.54 Å². The monoisotopic (exact) mass is 445 g/mol. The highest BCUT2D eigenvalue weighted by Gasteiger charge is 2.62. The van der Waals surface area contributed by atoms with Crippen molar-refractivity contribution in [1.29, 1.82) is 0 Å². The molecule has 1 aromatic carbocycles. The highest BCUT2D eigenvalue weighted by Crippen LogP contribution is 2.40. The maximum atomic E-state index is 13.2. The van der Waals surface area contributed by atoms with Crippen LogP contribution >= 0.6 is 0 Å². The number of fused-ring (bicyclic) bond motifs is 1. The SMILES string of the molecule is CC(C)(C)NC(=O)[C@@H]1N[C@@H](Cc2ccccc2)C(=O)N2[C@H]1[C@H]2CO[Si](C)(C)C(C)(C)C. The molecule has 31 heavy (non-hydrogen) atoms. The quantitative estimate of drug-likeness (QED) is 0.521. The maximum Gasteiger partial charge on any atom is 0.240 e. The molecule has 7 heteroatoms. The summed E-state index contributed by atoms with van der Waals surface area (Å²) in [4.78, 5) is 28.2.